The number of H-pyrrole nitrogens is 1. The zero-order valence-electron chi connectivity index (χ0n) is 15.0. The Morgan fingerprint density at radius 2 is 1.70 bits per heavy atom. The number of hydrogen-bond acceptors (Lipinski definition) is 2. The molecule has 0 aliphatic rings. The van der Waals surface area contributed by atoms with Gasteiger partial charge in [0.1, 0.15) is 0 Å². The molecule has 3 N–H and O–H groups in total. The lowest BCUT2D eigenvalue weighted by molar-refractivity contribution is 0.262. The third-order valence-corrected chi connectivity index (χ3v) is 4.53. The predicted molar refractivity (Wildman–Crippen MR) is 110 cm³/mol. The van der Waals surface area contributed by atoms with Gasteiger partial charge in [-0.3, -0.25) is 4.98 Å². The first-order chi connectivity index (χ1) is 13.2. The van der Waals surface area contributed by atoms with E-state index in [1.165, 1.54) is 5.56 Å². The Morgan fingerprint density at radius 3 is 2.44 bits per heavy atom. The Hall–Kier alpha value is -3.60. The summed E-state index contributed by atoms with van der Waals surface area (Å²) in [7, 11) is 0. The van der Waals surface area contributed by atoms with Crippen LogP contribution in [0.4, 0.5) is 16.2 Å². The Morgan fingerprint density at radius 1 is 0.963 bits per heavy atom. The van der Waals surface area contributed by atoms with E-state index in [9.17, 15) is 4.79 Å². The molecule has 2 amide bonds. The van der Waals surface area contributed by atoms with Crippen LogP contribution >= 0.6 is 0 Å². The zero-order valence-corrected chi connectivity index (χ0v) is 15.0. The van der Waals surface area contributed by atoms with Gasteiger partial charge in [-0.25, -0.2) is 4.79 Å². The maximum atomic E-state index is 12.6. The quantitative estimate of drug-likeness (QED) is 0.456. The van der Waals surface area contributed by atoms with E-state index in [0.717, 1.165) is 40.0 Å². The molecule has 4 aromatic rings. The van der Waals surface area contributed by atoms with Crippen molar-refractivity contribution in [1.29, 1.82) is 0 Å². The second kappa shape index (κ2) is 7.33. The summed E-state index contributed by atoms with van der Waals surface area (Å²) in [4.78, 5) is 20.1. The van der Waals surface area contributed by atoms with Gasteiger partial charge in [-0.1, -0.05) is 37.3 Å². The molecule has 0 fully saturated rings. The average molecular weight is 356 g/mol. The summed E-state index contributed by atoms with van der Waals surface area (Å²) in [6, 6.07) is 19.3. The lowest BCUT2D eigenvalue weighted by atomic mass is 10.1. The topological polar surface area (TPSA) is 69.8 Å². The van der Waals surface area contributed by atoms with Gasteiger partial charge >= 0.3 is 6.03 Å². The number of urea groups is 1. The van der Waals surface area contributed by atoms with Crippen LogP contribution in [0.3, 0.4) is 0 Å². The molecular weight excluding hydrogens is 336 g/mol. The van der Waals surface area contributed by atoms with Gasteiger partial charge < -0.3 is 15.6 Å². The fourth-order valence-electron chi connectivity index (χ4n) is 3.11. The number of carbonyl (C=O) groups excluding carboxylic acids is 1. The summed E-state index contributed by atoms with van der Waals surface area (Å²) in [5.41, 5.74) is 5.53. The van der Waals surface area contributed by atoms with E-state index in [1.54, 1.807) is 12.4 Å². The highest BCUT2D eigenvalue weighted by Gasteiger charge is 2.15. The van der Waals surface area contributed by atoms with Crippen molar-refractivity contribution >= 4 is 28.3 Å². The number of amides is 2. The third-order valence-electron chi connectivity index (χ3n) is 4.53. The van der Waals surface area contributed by atoms with Gasteiger partial charge in [0.2, 0.25) is 0 Å². The maximum Gasteiger partial charge on any atom is 0.323 e. The Balaban J connectivity index is 1.65. The Labute approximate surface area is 157 Å². The van der Waals surface area contributed by atoms with Crippen LogP contribution in [-0.4, -0.2) is 16.0 Å². The minimum absolute atomic E-state index is 0.278. The van der Waals surface area contributed by atoms with Crippen LogP contribution in [0.5, 0.6) is 0 Å². The molecule has 134 valence electrons. The summed E-state index contributed by atoms with van der Waals surface area (Å²) in [6.07, 6.45) is 4.44. The van der Waals surface area contributed by atoms with Gasteiger partial charge in [0.15, 0.2) is 0 Å². The summed E-state index contributed by atoms with van der Waals surface area (Å²) in [5.74, 6) is 0. The van der Waals surface area contributed by atoms with Crippen LogP contribution in [0, 0.1) is 0 Å². The number of aryl methyl sites for hydroxylation is 1. The summed E-state index contributed by atoms with van der Waals surface area (Å²) in [6.45, 7) is 2.10. The number of hydrogen-bond donors (Lipinski definition) is 3. The number of aromatic amines is 1. The first-order valence-electron chi connectivity index (χ1n) is 8.92. The van der Waals surface area contributed by atoms with Gasteiger partial charge in [0, 0.05) is 34.5 Å². The van der Waals surface area contributed by atoms with Crippen LogP contribution < -0.4 is 10.6 Å². The number of aromatic nitrogens is 2. The third kappa shape index (κ3) is 3.53. The largest absolute Gasteiger partial charge is 0.353 e. The fourth-order valence-corrected chi connectivity index (χ4v) is 3.11. The van der Waals surface area contributed by atoms with Crippen molar-refractivity contribution in [1.82, 2.24) is 9.97 Å². The molecule has 0 spiro atoms. The molecule has 0 saturated heterocycles. The monoisotopic (exact) mass is 356 g/mol. The van der Waals surface area contributed by atoms with Crippen molar-refractivity contribution in [3.8, 4) is 11.3 Å². The van der Waals surface area contributed by atoms with Crippen molar-refractivity contribution < 1.29 is 4.79 Å². The van der Waals surface area contributed by atoms with Crippen molar-refractivity contribution in [3.63, 3.8) is 0 Å². The van der Waals surface area contributed by atoms with Crippen molar-refractivity contribution in [3.05, 3.63) is 78.6 Å². The van der Waals surface area contributed by atoms with E-state index in [-0.39, 0.29) is 6.03 Å². The number of nitrogens with zero attached hydrogens (tertiary/aromatic N) is 1. The molecule has 0 aliphatic heterocycles. The van der Waals surface area contributed by atoms with E-state index in [4.69, 9.17) is 0 Å². The fraction of sp³-hybridized carbons (Fsp3) is 0.0909. The van der Waals surface area contributed by atoms with E-state index >= 15 is 0 Å². The number of anilines is 2. The highest BCUT2D eigenvalue weighted by Crippen LogP contribution is 2.34. The number of benzene rings is 2. The molecule has 2 aromatic carbocycles. The molecule has 0 bridgehead atoms. The first kappa shape index (κ1) is 16.8. The van der Waals surface area contributed by atoms with Crippen LogP contribution in [0.1, 0.15) is 12.5 Å². The van der Waals surface area contributed by atoms with Crippen LogP contribution in [0.25, 0.3) is 22.2 Å². The highest BCUT2D eigenvalue weighted by molar-refractivity contribution is 6.10. The predicted octanol–water partition coefficient (Wildman–Crippen LogP) is 5.44. The van der Waals surface area contributed by atoms with Crippen molar-refractivity contribution in [2.75, 3.05) is 10.6 Å². The van der Waals surface area contributed by atoms with Gasteiger partial charge in [0.25, 0.3) is 0 Å². The molecule has 4 rings (SSSR count). The molecule has 5 nitrogen and oxygen atoms in total. The molecule has 0 atom stereocenters. The summed E-state index contributed by atoms with van der Waals surface area (Å²) >= 11 is 0. The van der Waals surface area contributed by atoms with Crippen molar-refractivity contribution in [2.45, 2.75) is 13.3 Å². The zero-order chi connectivity index (χ0) is 18.6. The van der Waals surface area contributed by atoms with E-state index < -0.39 is 0 Å². The molecule has 0 unspecified atom stereocenters. The number of para-hydroxylation sites is 1. The van der Waals surface area contributed by atoms with Crippen LogP contribution in [0.2, 0.25) is 0 Å². The molecule has 2 heterocycles. The van der Waals surface area contributed by atoms with E-state index in [2.05, 4.69) is 27.5 Å². The number of fused-ring (bicyclic) bond motifs is 1. The molecule has 5 heteroatoms. The Bertz CT molecular complexity index is 1070. The molecule has 27 heavy (non-hydrogen) atoms. The average Bonchev–Trinajstić information content (AvgIpc) is 3.08. The number of pyridine rings is 1. The van der Waals surface area contributed by atoms with E-state index in [0.29, 0.717) is 0 Å². The van der Waals surface area contributed by atoms with Crippen molar-refractivity contribution in [2.24, 2.45) is 0 Å². The SMILES string of the molecule is CCc1ccc(NC(=O)Nc2c(-c3ccncc3)[nH]c3ccccc23)cc1. The first-order valence-corrected chi connectivity index (χ1v) is 8.92. The smallest absolute Gasteiger partial charge is 0.323 e. The number of carbonyl (C=O) groups is 1. The minimum Gasteiger partial charge on any atom is -0.353 e. The second-order valence-corrected chi connectivity index (χ2v) is 6.29. The number of rotatable bonds is 4. The maximum absolute atomic E-state index is 12.6. The highest BCUT2D eigenvalue weighted by atomic mass is 16.2. The van der Waals surface area contributed by atoms with E-state index in [1.807, 2.05) is 60.7 Å². The number of nitrogens with one attached hydrogen (secondary N) is 3. The summed E-state index contributed by atoms with van der Waals surface area (Å²) in [5, 5.41) is 6.87. The van der Waals surface area contributed by atoms with Gasteiger partial charge in [-0.15, -0.1) is 0 Å². The lowest BCUT2D eigenvalue weighted by Gasteiger charge is -2.10. The van der Waals surface area contributed by atoms with Gasteiger partial charge in [-0.2, -0.15) is 0 Å². The van der Waals surface area contributed by atoms with Gasteiger partial charge in [0.05, 0.1) is 11.4 Å². The summed E-state index contributed by atoms with van der Waals surface area (Å²) < 4.78 is 0. The molecule has 0 aliphatic carbocycles. The van der Waals surface area contributed by atoms with Gasteiger partial charge in [-0.05, 0) is 42.3 Å². The molecule has 0 radical (unpaired) electrons. The standard InChI is InChI=1S/C22H20N4O/c1-2-15-7-9-17(10-8-15)24-22(27)26-21-18-5-3-4-6-19(18)25-20(21)16-11-13-23-14-12-16/h3-14,25H,2H2,1H3,(H2,24,26,27). The Kier molecular flexibility index (Phi) is 4.58. The molecule has 2 aromatic heterocycles. The second-order valence-electron chi connectivity index (χ2n) is 6.29. The van der Waals surface area contributed by atoms with Crippen LogP contribution in [0.15, 0.2) is 73.1 Å². The normalized spacial score (nSPS) is 10.7. The molecule has 0 saturated carbocycles. The lowest BCUT2D eigenvalue weighted by Crippen LogP contribution is -2.19. The minimum atomic E-state index is -0.278. The van der Waals surface area contributed by atoms with Crippen LogP contribution in [-0.2, 0) is 6.42 Å². The molecular formula is C22H20N4O.